The summed E-state index contributed by atoms with van der Waals surface area (Å²) in [6.45, 7) is 0. The lowest BCUT2D eigenvalue weighted by molar-refractivity contribution is 0.104. The summed E-state index contributed by atoms with van der Waals surface area (Å²) < 4.78 is 0.803. The van der Waals surface area contributed by atoms with Gasteiger partial charge >= 0.3 is 0 Å². The molecule has 0 saturated carbocycles. The number of nitrogens with zero attached hydrogens (tertiary/aromatic N) is 1. The smallest absolute Gasteiger partial charge is 0.205 e. The van der Waals surface area contributed by atoms with Crippen LogP contribution in [0.3, 0.4) is 0 Å². The lowest BCUT2D eigenvalue weighted by atomic mass is 10.1. The molecule has 0 aliphatic carbocycles. The molecular formula is C10H5BrClNOS. The Morgan fingerprint density at radius 1 is 1.47 bits per heavy atom. The molecule has 2 rings (SSSR count). The maximum atomic E-state index is 12.0. The molecule has 0 aromatic carbocycles. The van der Waals surface area contributed by atoms with Gasteiger partial charge in [0.1, 0.15) is 0 Å². The van der Waals surface area contributed by atoms with Crippen LogP contribution in [0.1, 0.15) is 15.2 Å². The maximum Gasteiger partial charge on any atom is 0.205 e. The van der Waals surface area contributed by atoms with Crippen molar-refractivity contribution in [3.63, 3.8) is 0 Å². The number of hydrogen-bond acceptors (Lipinski definition) is 3. The molecule has 15 heavy (non-hydrogen) atoms. The highest BCUT2D eigenvalue weighted by atomic mass is 79.9. The van der Waals surface area contributed by atoms with Crippen molar-refractivity contribution in [3.8, 4) is 0 Å². The predicted molar refractivity (Wildman–Crippen MR) is 64.7 cm³/mol. The monoisotopic (exact) mass is 301 g/mol. The van der Waals surface area contributed by atoms with Crippen LogP contribution in [0.25, 0.3) is 0 Å². The Balaban J connectivity index is 2.41. The van der Waals surface area contributed by atoms with E-state index >= 15 is 0 Å². The normalized spacial score (nSPS) is 10.3. The summed E-state index contributed by atoms with van der Waals surface area (Å²) in [7, 11) is 0. The van der Waals surface area contributed by atoms with Crippen molar-refractivity contribution in [2.45, 2.75) is 0 Å². The van der Waals surface area contributed by atoms with E-state index < -0.39 is 0 Å². The van der Waals surface area contributed by atoms with Gasteiger partial charge in [-0.05, 0) is 33.4 Å². The van der Waals surface area contributed by atoms with Crippen molar-refractivity contribution in [3.05, 3.63) is 49.8 Å². The van der Waals surface area contributed by atoms with Gasteiger partial charge in [-0.25, -0.2) is 0 Å². The Morgan fingerprint density at radius 3 is 2.87 bits per heavy atom. The number of hydrogen-bond donors (Lipinski definition) is 0. The van der Waals surface area contributed by atoms with Crippen LogP contribution in [-0.4, -0.2) is 10.8 Å². The van der Waals surface area contributed by atoms with Gasteiger partial charge in [0.2, 0.25) is 5.78 Å². The average molecular weight is 303 g/mol. The third-order valence-electron chi connectivity index (χ3n) is 1.79. The molecule has 0 unspecified atom stereocenters. The first-order valence-corrected chi connectivity index (χ1v) is 6.12. The van der Waals surface area contributed by atoms with Crippen molar-refractivity contribution in [2.24, 2.45) is 0 Å². The van der Waals surface area contributed by atoms with Crippen molar-refractivity contribution in [2.75, 3.05) is 0 Å². The van der Waals surface area contributed by atoms with E-state index in [2.05, 4.69) is 20.9 Å². The van der Waals surface area contributed by atoms with Crippen LogP contribution in [0.2, 0.25) is 5.02 Å². The molecule has 2 aromatic heterocycles. The van der Waals surface area contributed by atoms with Gasteiger partial charge in [0.25, 0.3) is 0 Å². The third-order valence-corrected chi connectivity index (χ3v) is 3.83. The van der Waals surface area contributed by atoms with E-state index in [0.29, 0.717) is 15.5 Å². The van der Waals surface area contributed by atoms with Crippen molar-refractivity contribution in [1.29, 1.82) is 0 Å². The van der Waals surface area contributed by atoms with Gasteiger partial charge in [-0.15, -0.1) is 11.3 Å². The second kappa shape index (κ2) is 4.43. The second-order valence-corrected chi connectivity index (χ2v) is 5.03. The number of halogens is 2. The molecule has 0 saturated heterocycles. The van der Waals surface area contributed by atoms with Gasteiger partial charge in [-0.1, -0.05) is 11.6 Å². The second-order valence-electron chi connectivity index (χ2n) is 2.82. The first-order chi connectivity index (χ1) is 7.18. The summed E-state index contributed by atoms with van der Waals surface area (Å²) in [5.41, 5.74) is 0.505. The van der Waals surface area contributed by atoms with Crippen LogP contribution in [-0.2, 0) is 0 Å². The summed E-state index contributed by atoms with van der Waals surface area (Å²) in [6, 6.07) is 3.46. The number of pyridine rings is 1. The molecule has 2 nitrogen and oxygen atoms in total. The third kappa shape index (κ3) is 2.27. The molecule has 0 fully saturated rings. The average Bonchev–Trinajstić information content (AvgIpc) is 2.63. The summed E-state index contributed by atoms with van der Waals surface area (Å²) >= 11 is 10.5. The Bertz CT molecular complexity index is 512. The Labute approximate surface area is 104 Å². The largest absolute Gasteiger partial charge is 0.288 e. The fourth-order valence-electron chi connectivity index (χ4n) is 1.12. The number of thiophene rings is 1. The number of carbonyl (C=O) groups is 1. The minimum absolute atomic E-state index is 0.0631. The molecule has 2 heterocycles. The minimum Gasteiger partial charge on any atom is -0.288 e. The maximum absolute atomic E-state index is 12.0. The van der Waals surface area contributed by atoms with Gasteiger partial charge in [0.15, 0.2) is 0 Å². The van der Waals surface area contributed by atoms with Gasteiger partial charge in [0.05, 0.1) is 9.90 Å². The Morgan fingerprint density at radius 2 is 2.27 bits per heavy atom. The summed E-state index contributed by atoms with van der Waals surface area (Å²) in [6.07, 6.45) is 3.02. The fourth-order valence-corrected chi connectivity index (χ4v) is 2.81. The standard InChI is InChI=1S/C10H5BrClNOS/c11-8-1-2-15-10(8)9(14)6-3-7(12)5-13-4-6/h1-5H. The zero-order chi connectivity index (χ0) is 10.8. The molecule has 0 amide bonds. The van der Waals surface area contributed by atoms with Crippen LogP contribution in [0, 0.1) is 0 Å². The predicted octanol–water partition coefficient (Wildman–Crippen LogP) is 3.79. The zero-order valence-electron chi connectivity index (χ0n) is 7.41. The van der Waals surface area contributed by atoms with Gasteiger partial charge < -0.3 is 0 Å². The Kier molecular flexibility index (Phi) is 3.19. The summed E-state index contributed by atoms with van der Waals surface area (Å²) in [5.74, 6) is -0.0631. The van der Waals surface area contributed by atoms with Crippen LogP contribution in [0.15, 0.2) is 34.4 Å². The molecule has 0 bridgehead atoms. The topological polar surface area (TPSA) is 30.0 Å². The van der Waals surface area contributed by atoms with Crippen LogP contribution >= 0.6 is 38.9 Å². The molecule has 0 radical (unpaired) electrons. The van der Waals surface area contributed by atoms with Gasteiger partial charge in [0, 0.05) is 22.4 Å². The molecule has 76 valence electrons. The first kappa shape index (κ1) is 10.8. The van der Waals surface area contributed by atoms with Crippen LogP contribution in [0.4, 0.5) is 0 Å². The molecule has 0 aliphatic rings. The molecule has 2 aromatic rings. The summed E-state index contributed by atoms with van der Waals surface area (Å²) in [5, 5.41) is 2.32. The molecule has 0 spiro atoms. The van der Waals surface area contributed by atoms with Crippen molar-refractivity contribution < 1.29 is 4.79 Å². The van der Waals surface area contributed by atoms with E-state index in [1.807, 2.05) is 11.4 Å². The van der Waals surface area contributed by atoms with E-state index in [1.54, 1.807) is 6.07 Å². The molecule has 5 heteroatoms. The number of rotatable bonds is 2. The lowest BCUT2D eigenvalue weighted by Gasteiger charge is -1.98. The molecule has 0 aliphatic heterocycles. The van der Waals surface area contributed by atoms with E-state index in [1.165, 1.54) is 23.7 Å². The molecular weight excluding hydrogens is 298 g/mol. The number of ketones is 1. The molecule has 0 atom stereocenters. The van der Waals surface area contributed by atoms with E-state index in [4.69, 9.17) is 11.6 Å². The summed E-state index contributed by atoms with van der Waals surface area (Å²) in [4.78, 5) is 16.5. The first-order valence-electron chi connectivity index (χ1n) is 4.07. The quantitative estimate of drug-likeness (QED) is 0.790. The highest BCUT2D eigenvalue weighted by Crippen LogP contribution is 2.25. The number of aromatic nitrogens is 1. The van der Waals surface area contributed by atoms with E-state index in [0.717, 1.165) is 4.47 Å². The van der Waals surface area contributed by atoms with Crippen molar-refractivity contribution >= 4 is 44.7 Å². The van der Waals surface area contributed by atoms with Crippen LogP contribution in [0.5, 0.6) is 0 Å². The number of carbonyl (C=O) groups excluding carboxylic acids is 1. The fraction of sp³-hybridized carbons (Fsp3) is 0. The lowest BCUT2D eigenvalue weighted by Crippen LogP contribution is -1.99. The van der Waals surface area contributed by atoms with Crippen molar-refractivity contribution in [1.82, 2.24) is 4.98 Å². The van der Waals surface area contributed by atoms with E-state index in [-0.39, 0.29) is 5.78 Å². The minimum atomic E-state index is -0.0631. The van der Waals surface area contributed by atoms with Gasteiger partial charge in [-0.2, -0.15) is 0 Å². The van der Waals surface area contributed by atoms with E-state index in [9.17, 15) is 4.79 Å². The van der Waals surface area contributed by atoms with Gasteiger partial charge in [-0.3, -0.25) is 9.78 Å². The molecule has 0 N–H and O–H groups in total. The highest BCUT2D eigenvalue weighted by Gasteiger charge is 2.14. The zero-order valence-corrected chi connectivity index (χ0v) is 10.6. The Hall–Kier alpha value is -0.710. The SMILES string of the molecule is O=C(c1cncc(Cl)c1)c1sccc1Br. The van der Waals surface area contributed by atoms with Crippen LogP contribution < -0.4 is 0 Å². The highest BCUT2D eigenvalue weighted by molar-refractivity contribution is 9.10.